The Morgan fingerprint density at radius 3 is 2.81 bits per heavy atom. The fourth-order valence-corrected chi connectivity index (χ4v) is 4.72. The van der Waals surface area contributed by atoms with Crippen LogP contribution in [-0.2, 0) is 0 Å². The van der Waals surface area contributed by atoms with Crippen molar-refractivity contribution < 1.29 is 4.79 Å². The van der Waals surface area contributed by atoms with Gasteiger partial charge in [-0.2, -0.15) is 0 Å². The number of carbonyl (C=O) groups excluding carboxylic acids is 1. The number of fused-ring (bicyclic) bond motifs is 5. The highest BCUT2D eigenvalue weighted by atomic mass is 16.1. The van der Waals surface area contributed by atoms with E-state index in [4.69, 9.17) is 0 Å². The average molecular weight is 285 g/mol. The van der Waals surface area contributed by atoms with Gasteiger partial charge in [0.2, 0.25) is 0 Å². The molecule has 3 aliphatic carbocycles. The average Bonchev–Trinajstić information content (AvgIpc) is 2.90. The zero-order chi connectivity index (χ0) is 14.4. The Hall–Kier alpha value is -1.58. The van der Waals surface area contributed by atoms with Crippen molar-refractivity contribution >= 4 is 11.7 Å². The van der Waals surface area contributed by atoms with Crippen LogP contribution in [-0.4, -0.2) is 23.5 Å². The molecule has 1 aromatic rings. The first-order valence-electron chi connectivity index (χ1n) is 8.29. The van der Waals surface area contributed by atoms with E-state index >= 15 is 0 Å². The Balaban J connectivity index is 1.44. The summed E-state index contributed by atoms with van der Waals surface area (Å²) in [5.41, 5.74) is 0.684. The number of aromatic nitrogens is 1. The molecule has 4 rings (SSSR count). The van der Waals surface area contributed by atoms with E-state index in [1.165, 1.54) is 19.3 Å². The van der Waals surface area contributed by atoms with Crippen LogP contribution < -0.4 is 10.6 Å². The number of amides is 1. The fraction of sp³-hybridized carbons (Fsp3) is 0.647. The lowest BCUT2D eigenvalue weighted by Crippen LogP contribution is -2.30. The molecule has 0 aromatic carbocycles. The van der Waals surface area contributed by atoms with E-state index in [0.717, 1.165) is 36.6 Å². The van der Waals surface area contributed by atoms with Crippen molar-refractivity contribution in [2.75, 3.05) is 11.9 Å². The first kappa shape index (κ1) is 13.1. The number of hydrogen-bond acceptors (Lipinski definition) is 3. The second-order valence-corrected chi connectivity index (χ2v) is 6.81. The van der Waals surface area contributed by atoms with Crippen LogP contribution in [0.25, 0.3) is 0 Å². The molecule has 3 fully saturated rings. The van der Waals surface area contributed by atoms with Crippen molar-refractivity contribution in [3.63, 3.8) is 0 Å². The molecule has 1 aromatic heterocycles. The van der Waals surface area contributed by atoms with Crippen molar-refractivity contribution in [3.8, 4) is 0 Å². The lowest BCUT2D eigenvalue weighted by molar-refractivity contribution is 0.0945. The van der Waals surface area contributed by atoms with Crippen molar-refractivity contribution in [1.82, 2.24) is 10.3 Å². The molecule has 2 bridgehead atoms. The van der Waals surface area contributed by atoms with Crippen molar-refractivity contribution in [1.29, 1.82) is 0 Å². The van der Waals surface area contributed by atoms with Gasteiger partial charge in [0.05, 0.1) is 5.56 Å². The van der Waals surface area contributed by atoms with Crippen LogP contribution in [0.4, 0.5) is 5.82 Å². The van der Waals surface area contributed by atoms with Gasteiger partial charge in [0, 0.05) is 18.8 Å². The van der Waals surface area contributed by atoms with E-state index in [-0.39, 0.29) is 5.91 Å². The quantitative estimate of drug-likeness (QED) is 0.874. The second kappa shape index (κ2) is 5.00. The number of hydrogen-bond donors (Lipinski definition) is 2. The minimum Gasteiger partial charge on any atom is -0.369 e. The summed E-state index contributed by atoms with van der Waals surface area (Å²) < 4.78 is 0. The summed E-state index contributed by atoms with van der Waals surface area (Å²) >= 11 is 0. The monoisotopic (exact) mass is 285 g/mol. The Morgan fingerprint density at radius 2 is 2.10 bits per heavy atom. The third kappa shape index (κ3) is 2.12. The highest BCUT2D eigenvalue weighted by Gasteiger charge is 2.65. The smallest absolute Gasteiger partial charge is 0.255 e. The van der Waals surface area contributed by atoms with Gasteiger partial charge in [-0.15, -0.1) is 0 Å². The van der Waals surface area contributed by atoms with Crippen LogP contribution in [0.1, 0.15) is 43.0 Å². The number of nitrogens with zero attached hydrogens (tertiary/aromatic N) is 1. The molecule has 2 N–H and O–H groups in total. The van der Waals surface area contributed by atoms with E-state index in [0.29, 0.717) is 17.4 Å². The number of carbonyl (C=O) groups is 1. The van der Waals surface area contributed by atoms with Gasteiger partial charge in [-0.1, -0.05) is 6.92 Å². The van der Waals surface area contributed by atoms with Gasteiger partial charge in [-0.05, 0) is 61.5 Å². The predicted octanol–water partition coefficient (Wildman–Crippen LogP) is 2.68. The Kier molecular flexibility index (Phi) is 3.12. The summed E-state index contributed by atoms with van der Waals surface area (Å²) in [5.74, 6) is 4.08. The fourth-order valence-electron chi connectivity index (χ4n) is 4.72. The van der Waals surface area contributed by atoms with Crippen LogP contribution in [0.15, 0.2) is 18.3 Å². The van der Waals surface area contributed by atoms with Gasteiger partial charge in [-0.3, -0.25) is 4.79 Å². The van der Waals surface area contributed by atoms with E-state index in [9.17, 15) is 4.79 Å². The SMILES string of the molecule is CCCNc1ncccc1C(=O)NC1C2C3CCC(C3)C12. The topological polar surface area (TPSA) is 54.0 Å². The number of anilines is 1. The van der Waals surface area contributed by atoms with Crippen LogP contribution in [0.2, 0.25) is 0 Å². The van der Waals surface area contributed by atoms with Crippen molar-refractivity contribution in [2.24, 2.45) is 23.7 Å². The van der Waals surface area contributed by atoms with Crippen molar-refractivity contribution in [2.45, 2.75) is 38.6 Å². The van der Waals surface area contributed by atoms with E-state index in [1.807, 2.05) is 12.1 Å². The molecule has 0 saturated heterocycles. The molecular formula is C17H23N3O. The summed E-state index contributed by atoms with van der Waals surface area (Å²) in [7, 11) is 0. The number of nitrogens with one attached hydrogen (secondary N) is 2. The Labute approximate surface area is 125 Å². The minimum atomic E-state index is 0.0421. The lowest BCUT2D eigenvalue weighted by Gasteiger charge is -2.13. The molecule has 0 spiro atoms. The van der Waals surface area contributed by atoms with Gasteiger partial charge in [0.25, 0.3) is 5.91 Å². The maximum Gasteiger partial charge on any atom is 0.255 e. The normalized spacial score (nSPS) is 35.4. The predicted molar refractivity (Wildman–Crippen MR) is 82.1 cm³/mol. The molecule has 4 atom stereocenters. The molecule has 0 aliphatic heterocycles. The summed E-state index contributed by atoms with van der Waals surface area (Å²) in [6, 6.07) is 4.14. The summed E-state index contributed by atoms with van der Waals surface area (Å²) in [5, 5.41) is 6.52. The Bertz CT molecular complexity index is 543. The lowest BCUT2D eigenvalue weighted by atomic mass is 10.0. The number of pyridine rings is 1. The third-order valence-corrected chi connectivity index (χ3v) is 5.63. The van der Waals surface area contributed by atoms with Crippen LogP contribution in [0, 0.1) is 23.7 Å². The molecule has 21 heavy (non-hydrogen) atoms. The standard InChI is InChI=1S/C17H23N3O/c1-2-7-18-16-12(4-3-8-19-16)17(21)20-15-13-10-5-6-11(9-10)14(13)15/h3-4,8,10-11,13-15H,2,5-7,9H2,1H3,(H,18,19)(H,20,21). The van der Waals surface area contributed by atoms with Gasteiger partial charge in [0.1, 0.15) is 5.82 Å². The molecule has 1 amide bonds. The van der Waals surface area contributed by atoms with E-state index in [1.54, 1.807) is 6.20 Å². The summed E-state index contributed by atoms with van der Waals surface area (Å²) in [4.78, 5) is 16.9. The molecular weight excluding hydrogens is 262 g/mol. The largest absolute Gasteiger partial charge is 0.369 e. The van der Waals surface area contributed by atoms with Crippen LogP contribution >= 0.6 is 0 Å². The molecule has 3 aliphatic rings. The van der Waals surface area contributed by atoms with Crippen LogP contribution in [0.5, 0.6) is 0 Å². The molecule has 112 valence electrons. The molecule has 3 saturated carbocycles. The van der Waals surface area contributed by atoms with E-state index in [2.05, 4.69) is 22.5 Å². The van der Waals surface area contributed by atoms with Crippen LogP contribution in [0.3, 0.4) is 0 Å². The Morgan fingerprint density at radius 1 is 1.33 bits per heavy atom. The third-order valence-electron chi connectivity index (χ3n) is 5.63. The first-order valence-corrected chi connectivity index (χ1v) is 8.29. The van der Waals surface area contributed by atoms with Gasteiger partial charge in [0.15, 0.2) is 0 Å². The maximum atomic E-state index is 12.6. The minimum absolute atomic E-state index is 0.0421. The first-order chi connectivity index (χ1) is 10.3. The second-order valence-electron chi connectivity index (χ2n) is 6.81. The summed E-state index contributed by atoms with van der Waals surface area (Å²) in [6.07, 6.45) is 6.94. The zero-order valence-corrected chi connectivity index (χ0v) is 12.5. The van der Waals surface area contributed by atoms with Crippen molar-refractivity contribution in [3.05, 3.63) is 23.9 Å². The molecule has 1 heterocycles. The highest BCUT2D eigenvalue weighted by molar-refractivity contribution is 5.99. The molecule has 0 radical (unpaired) electrons. The zero-order valence-electron chi connectivity index (χ0n) is 12.5. The molecule has 4 unspecified atom stereocenters. The maximum absolute atomic E-state index is 12.6. The number of rotatable bonds is 5. The summed E-state index contributed by atoms with van der Waals surface area (Å²) in [6.45, 7) is 2.95. The highest BCUT2D eigenvalue weighted by Crippen LogP contribution is 2.65. The molecule has 4 nitrogen and oxygen atoms in total. The van der Waals surface area contributed by atoms with Gasteiger partial charge in [-0.25, -0.2) is 4.98 Å². The van der Waals surface area contributed by atoms with E-state index < -0.39 is 0 Å². The molecule has 4 heteroatoms. The van der Waals surface area contributed by atoms with Gasteiger partial charge >= 0.3 is 0 Å². The van der Waals surface area contributed by atoms with Gasteiger partial charge < -0.3 is 10.6 Å².